The Morgan fingerprint density at radius 3 is 2.78 bits per heavy atom. The van der Waals surface area contributed by atoms with Gasteiger partial charge in [0.15, 0.2) is 0 Å². The summed E-state index contributed by atoms with van der Waals surface area (Å²) in [6.45, 7) is 4.37. The standard InChI is InChI=1S/C15H27NO2/c17-15(11-16-9-5-2-6-10-16)13-18-12-14-7-3-1-4-8-14/h1,3,14-15,17H,2,4-13H2/t14-,15+/m1/s1. The molecule has 0 aromatic carbocycles. The van der Waals surface area contributed by atoms with Gasteiger partial charge in [-0.2, -0.15) is 0 Å². The molecule has 1 heterocycles. The zero-order valence-corrected chi connectivity index (χ0v) is 11.4. The summed E-state index contributed by atoms with van der Waals surface area (Å²) in [6, 6.07) is 0. The molecule has 0 spiro atoms. The van der Waals surface area contributed by atoms with E-state index in [1.54, 1.807) is 0 Å². The van der Waals surface area contributed by atoms with Gasteiger partial charge in [0.1, 0.15) is 0 Å². The molecule has 1 aliphatic carbocycles. The SMILES string of the molecule is O[C@H](COC[C@@H]1CC=CCC1)CN1CCCCC1. The first-order valence-electron chi connectivity index (χ1n) is 7.48. The maximum absolute atomic E-state index is 9.95. The third-order valence-electron chi connectivity index (χ3n) is 3.96. The molecular formula is C15H27NO2. The summed E-state index contributed by atoms with van der Waals surface area (Å²) in [4.78, 5) is 2.36. The number of rotatable bonds is 6. The zero-order valence-electron chi connectivity index (χ0n) is 11.4. The number of β-amino-alcohol motifs (C(OH)–C–C–N with tert-alkyl or cyclic N) is 1. The molecule has 3 nitrogen and oxygen atoms in total. The highest BCUT2D eigenvalue weighted by molar-refractivity contribution is 4.89. The van der Waals surface area contributed by atoms with Crippen LogP contribution in [-0.4, -0.2) is 49.0 Å². The number of piperidine rings is 1. The number of aliphatic hydroxyl groups is 1. The molecule has 1 fully saturated rings. The Kier molecular flexibility index (Phi) is 6.18. The van der Waals surface area contributed by atoms with Gasteiger partial charge in [-0.1, -0.05) is 18.6 Å². The van der Waals surface area contributed by atoms with E-state index in [0.717, 1.165) is 32.7 Å². The first kappa shape index (κ1) is 14.0. The van der Waals surface area contributed by atoms with E-state index < -0.39 is 0 Å². The van der Waals surface area contributed by atoms with E-state index in [9.17, 15) is 5.11 Å². The minimum Gasteiger partial charge on any atom is -0.389 e. The van der Waals surface area contributed by atoms with E-state index >= 15 is 0 Å². The van der Waals surface area contributed by atoms with Crippen molar-refractivity contribution in [2.75, 3.05) is 32.8 Å². The van der Waals surface area contributed by atoms with Crippen LogP contribution >= 0.6 is 0 Å². The molecule has 3 heteroatoms. The van der Waals surface area contributed by atoms with Gasteiger partial charge < -0.3 is 14.7 Å². The van der Waals surface area contributed by atoms with Crippen molar-refractivity contribution in [2.45, 2.75) is 44.6 Å². The van der Waals surface area contributed by atoms with E-state index in [-0.39, 0.29) is 6.10 Å². The van der Waals surface area contributed by atoms with Crippen LogP contribution in [0.25, 0.3) is 0 Å². The summed E-state index contributed by atoms with van der Waals surface area (Å²) < 4.78 is 5.67. The Morgan fingerprint density at radius 1 is 1.22 bits per heavy atom. The minimum absolute atomic E-state index is 0.317. The Bertz CT molecular complexity index is 249. The topological polar surface area (TPSA) is 32.7 Å². The van der Waals surface area contributed by atoms with Gasteiger partial charge in [-0.15, -0.1) is 0 Å². The number of nitrogens with zero attached hydrogens (tertiary/aromatic N) is 1. The molecule has 104 valence electrons. The molecule has 18 heavy (non-hydrogen) atoms. The smallest absolute Gasteiger partial charge is 0.0900 e. The molecular weight excluding hydrogens is 226 g/mol. The average molecular weight is 253 g/mol. The molecule has 0 unspecified atom stereocenters. The number of likely N-dealkylation sites (tertiary alicyclic amines) is 1. The van der Waals surface area contributed by atoms with Gasteiger partial charge in [0, 0.05) is 13.2 Å². The van der Waals surface area contributed by atoms with Crippen LogP contribution in [0.3, 0.4) is 0 Å². The van der Waals surface area contributed by atoms with E-state index in [1.807, 2.05) is 0 Å². The van der Waals surface area contributed by atoms with Crippen LogP contribution in [0.2, 0.25) is 0 Å². The van der Waals surface area contributed by atoms with Crippen molar-refractivity contribution < 1.29 is 9.84 Å². The van der Waals surface area contributed by atoms with Crippen LogP contribution in [0.15, 0.2) is 12.2 Å². The minimum atomic E-state index is -0.317. The van der Waals surface area contributed by atoms with Crippen molar-refractivity contribution in [3.05, 3.63) is 12.2 Å². The highest BCUT2D eigenvalue weighted by Crippen LogP contribution is 2.18. The van der Waals surface area contributed by atoms with Crippen molar-refractivity contribution >= 4 is 0 Å². The quantitative estimate of drug-likeness (QED) is 0.737. The highest BCUT2D eigenvalue weighted by Gasteiger charge is 2.15. The second-order valence-electron chi connectivity index (χ2n) is 5.70. The first-order valence-corrected chi connectivity index (χ1v) is 7.48. The van der Waals surface area contributed by atoms with Gasteiger partial charge in [-0.3, -0.25) is 0 Å². The normalized spacial score (nSPS) is 27.3. The van der Waals surface area contributed by atoms with Gasteiger partial charge >= 0.3 is 0 Å². The Balaban J connectivity index is 1.53. The summed E-state index contributed by atoms with van der Waals surface area (Å²) in [5.74, 6) is 0.664. The lowest BCUT2D eigenvalue weighted by atomic mass is 9.95. The predicted molar refractivity (Wildman–Crippen MR) is 73.6 cm³/mol. The molecule has 0 radical (unpaired) electrons. The van der Waals surface area contributed by atoms with Gasteiger partial charge in [0.2, 0.25) is 0 Å². The number of hydrogen-bond acceptors (Lipinski definition) is 3. The van der Waals surface area contributed by atoms with E-state index in [2.05, 4.69) is 17.1 Å². The van der Waals surface area contributed by atoms with Gasteiger partial charge in [-0.25, -0.2) is 0 Å². The fourth-order valence-corrected chi connectivity index (χ4v) is 2.87. The van der Waals surface area contributed by atoms with Crippen molar-refractivity contribution in [2.24, 2.45) is 5.92 Å². The fourth-order valence-electron chi connectivity index (χ4n) is 2.87. The molecule has 1 aliphatic heterocycles. The number of hydrogen-bond donors (Lipinski definition) is 1. The maximum atomic E-state index is 9.95. The molecule has 2 atom stereocenters. The third-order valence-corrected chi connectivity index (χ3v) is 3.96. The highest BCUT2D eigenvalue weighted by atomic mass is 16.5. The van der Waals surface area contributed by atoms with Crippen LogP contribution in [0.4, 0.5) is 0 Å². The van der Waals surface area contributed by atoms with E-state index in [1.165, 1.54) is 32.1 Å². The summed E-state index contributed by atoms with van der Waals surface area (Å²) in [7, 11) is 0. The van der Waals surface area contributed by atoms with Gasteiger partial charge in [-0.05, 0) is 51.1 Å². The second-order valence-corrected chi connectivity index (χ2v) is 5.70. The van der Waals surface area contributed by atoms with Crippen molar-refractivity contribution in [3.63, 3.8) is 0 Å². The fraction of sp³-hybridized carbons (Fsp3) is 0.867. The van der Waals surface area contributed by atoms with Crippen LogP contribution in [0, 0.1) is 5.92 Å². The summed E-state index contributed by atoms with van der Waals surface area (Å²) in [6.07, 6.45) is 11.7. The molecule has 2 rings (SSSR count). The molecule has 0 aromatic heterocycles. The molecule has 2 aliphatic rings. The van der Waals surface area contributed by atoms with Crippen LogP contribution in [0.5, 0.6) is 0 Å². The van der Waals surface area contributed by atoms with E-state index in [4.69, 9.17) is 4.74 Å². The monoisotopic (exact) mass is 253 g/mol. The van der Waals surface area contributed by atoms with Crippen LogP contribution < -0.4 is 0 Å². The Morgan fingerprint density at radius 2 is 2.06 bits per heavy atom. The third kappa shape index (κ3) is 5.09. The Labute approximate surface area is 111 Å². The van der Waals surface area contributed by atoms with Crippen LogP contribution in [0.1, 0.15) is 38.5 Å². The lowest BCUT2D eigenvalue weighted by Gasteiger charge is -2.28. The molecule has 1 saturated heterocycles. The van der Waals surface area contributed by atoms with Gasteiger partial charge in [0.05, 0.1) is 12.7 Å². The van der Waals surface area contributed by atoms with E-state index in [0.29, 0.717) is 12.5 Å². The number of ether oxygens (including phenoxy) is 1. The second kappa shape index (κ2) is 7.93. The summed E-state index contributed by atoms with van der Waals surface area (Å²) in [5, 5.41) is 9.95. The number of allylic oxidation sites excluding steroid dienone is 2. The predicted octanol–water partition coefficient (Wildman–Crippen LogP) is 2.21. The lowest BCUT2D eigenvalue weighted by molar-refractivity contribution is 0.00120. The zero-order chi connectivity index (χ0) is 12.6. The molecule has 0 bridgehead atoms. The molecule has 1 N–H and O–H groups in total. The average Bonchev–Trinajstić information content (AvgIpc) is 2.41. The van der Waals surface area contributed by atoms with Crippen molar-refractivity contribution in [1.29, 1.82) is 0 Å². The lowest BCUT2D eigenvalue weighted by Crippen LogP contribution is -2.38. The Hall–Kier alpha value is -0.380. The summed E-state index contributed by atoms with van der Waals surface area (Å²) >= 11 is 0. The maximum Gasteiger partial charge on any atom is 0.0900 e. The van der Waals surface area contributed by atoms with Gasteiger partial charge in [0.25, 0.3) is 0 Å². The molecule has 0 amide bonds. The van der Waals surface area contributed by atoms with Crippen LogP contribution in [-0.2, 0) is 4.74 Å². The first-order chi connectivity index (χ1) is 8.84. The molecule has 0 aromatic rings. The largest absolute Gasteiger partial charge is 0.389 e. The van der Waals surface area contributed by atoms with Crippen molar-refractivity contribution in [1.82, 2.24) is 4.90 Å². The van der Waals surface area contributed by atoms with Crippen molar-refractivity contribution in [3.8, 4) is 0 Å². The molecule has 0 saturated carbocycles. The summed E-state index contributed by atoms with van der Waals surface area (Å²) in [5.41, 5.74) is 0. The number of aliphatic hydroxyl groups excluding tert-OH is 1.